The number of rotatable bonds is 3. The van der Waals surface area contributed by atoms with Crippen LogP contribution in [0.25, 0.3) is 0 Å². The van der Waals surface area contributed by atoms with E-state index in [1.54, 1.807) is 20.8 Å². The molecule has 1 N–H and O–H groups in total. The van der Waals surface area contributed by atoms with Gasteiger partial charge in [-0.25, -0.2) is 4.79 Å². The molecular weight excluding hydrogens is 382 g/mol. The monoisotopic (exact) mass is 405 g/mol. The number of Topliss-reactive ketones (excluding diaryl/α,β-unsaturated/α-hetero) is 1. The van der Waals surface area contributed by atoms with Crippen LogP contribution < -0.4 is 15.4 Å². The van der Waals surface area contributed by atoms with Gasteiger partial charge < -0.3 is 14.8 Å². The minimum atomic E-state index is -4.86. The van der Waals surface area contributed by atoms with Gasteiger partial charge in [-0.1, -0.05) is 6.07 Å². The molecule has 1 amide bonds. The lowest BCUT2D eigenvalue weighted by Crippen LogP contribution is -2.55. The Kier molecular flexibility index (Phi) is 6.10. The van der Waals surface area contributed by atoms with Crippen molar-refractivity contribution >= 4 is 26.4 Å². The van der Waals surface area contributed by atoms with Crippen molar-refractivity contribution in [2.45, 2.75) is 64.0 Å². The van der Waals surface area contributed by atoms with Crippen molar-refractivity contribution in [2.75, 3.05) is 0 Å². The zero-order chi connectivity index (χ0) is 20.5. The number of alkyl carbamates (subject to hydrolysis) is 1. The van der Waals surface area contributed by atoms with Gasteiger partial charge in [0.2, 0.25) is 0 Å². The number of hydrogen-bond acceptors (Lipinski definition) is 4. The van der Waals surface area contributed by atoms with E-state index in [0.717, 1.165) is 12.1 Å². The second-order valence-corrected chi connectivity index (χ2v) is 8.08. The van der Waals surface area contributed by atoms with Crippen molar-refractivity contribution in [3.05, 3.63) is 23.8 Å². The number of ketones is 1. The number of halogens is 3. The van der Waals surface area contributed by atoms with Gasteiger partial charge in [-0.2, -0.15) is 0 Å². The number of nitrogens with one attached hydrogen (secondary N) is 1. The molecule has 27 heavy (non-hydrogen) atoms. The van der Waals surface area contributed by atoms with E-state index >= 15 is 0 Å². The Hall–Kier alpha value is -1.82. The van der Waals surface area contributed by atoms with Gasteiger partial charge in [0.05, 0.1) is 0 Å². The normalized spacial score (nSPS) is 20.9. The molecule has 1 aromatic rings. The van der Waals surface area contributed by atoms with Gasteiger partial charge in [-0.15, -0.1) is 22.4 Å². The van der Waals surface area contributed by atoms with Crippen LogP contribution in [0.2, 0.25) is 0 Å². The highest BCUT2D eigenvalue weighted by atomic mass is 31.0. The molecule has 9 heteroatoms. The first-order valence-corrected chi connectivity index (χ1v) is 9.10. The number of amides is 1. The van der Waals surface area contributed by atoms with Gasteiger partial charge >= 0.3 is 12.5 Å². The highest BCUT2D eigenvalue weighted by molar-refractivity contribution is 7.27. The molecule has 150 valence electrons. The number of alkyl halides is 3. The highest BCUT2D eigenvalue weighted by Crippen LogP contribution is 2.37. The molecule has 0 radical (unpaired) electrons. The zero-order valence-electron chi connectivity index (χ0n) is 15.4. The first-order chi connectivity index (χ1) is 12.3. The van der Waals surface area contributed by atoms with Gasteiger partial charge in [0.25, 0.3) is 0 Å². The molecule has 0 saturated heterocycles. The number of carbonyl (C=O) groups excluding carboxylic acids is 2. The van der Waals surface area contributed by atoms with Crippen LogP contribution in [0.15, 0.2) is 18.2 Å². The Balaban J connectivity index is 2.47. The molecule has 1 aliphatic rings. The third-order valence-corrected chi connectivity index (χ3v) is 4.62. The smallest absolute Gasteiger partial charge is 0.444 e. The molecule has 0 bridgehead atoms. The Morgan fingerprint density at radius 3 is 2.44 bits per heavy atom. The van der Waals surface area contributed by atoms with E-state index < -0.39 is 29.3 Å². The largest absolute Gasteiger partial charge is 0.573 e. The van der Waals surface area contributed by atoms with Crippen molar-refractivity contribution in [3.63, 3.8) is 0 Å². The van der Waals surface area contributed by atoms with Crippen molar-refractivity contribution in [1.82, 2.24) is 5.32 Å². The SMILES string of the molecule is CC(C)(C)OC(=O)NC1(c2cc(OC(F)(F)F)ccc2P)CCCCC1=O. The zero-order valence-corrected chi connectivity index (χ0v) is 16.6. The molecule has 2 unspecified atom stereocenters. The lowest BCUT2D eigenvalue weighted by molar-refractivity contribution is -0.274. The highest BCUT2D eigenvalue weighted by Gasteiger charge is 2.45. The summed E-state index contributed by atoms with van der Waals surface area (Å²) < 4.78 is 47.1. The summed E-state index contributed by atoms with van der Waals surface area (Å²) in [6.07, 6.45) is -3.89. The first kappa shape index (κ1) is 21.5. The van der Waals surface area contributed by atoms with Crippen LogP contribution in [0.1, 0.15) is 52.0 Å². The number of ether oxygens (including phenoxy) is 2. The Labute approximate surface area is 158 Å². The fraction of sp³-hybridized carbons (Fsp3) is 0.556. The standard InChI is InChI=1S/C18H23F3NO4P/c1-16(2,3)26-15(24)22-17(9-5-4-6-14(17)23)12-10-11(7-8-13(12)27)25-18(19,20)21/h7-8,10H,4-6,9,27H2,1-3H3,(H,22,24). The molecule has 1 fully saturated rings. The van der Waals surface area contributed by atoms with Crippen LogP contribution in [-0.2, 0) is 15.1 Å². The minimum Gasteiger partial charge on any atom is -0.444 e. The second-order valence-electron chi connectivity index (χ2n) is 7.46. The van der Waals surface area contributed by atoms with E-state index in [9.17, 15) is 22.8 Å². The minimum absolute atomic E-state index is 0.213. The van der Waals surface area contributed by atoms with Crippen LogP contribution in [0, 0.1) is 0 Å². The van der Waals surface area contributed by atoms with E-state index in [1.807, 2.05) is 0 Å². The summed E-state index contributed by atoms with van der Waals surface area (Å²) in [5.41, 5.74) is -1.98. The molecule has 2 atom stereocenters. The van der Waals surface area contributed by atoms with E-state index in [0.29, 0.717) is 18.1 Å². The summed E-state index contributed by atoms with van der Waals surface area (Å²) >= 11 is 0. The Morgan fingerprint density at radius 1 is 1.22 bits per heavy atom. The first-order valence-electron chi connectivity index (χ1n) is 8.53. The van der Waals surface area contributed by atoms with Crippen LogP contribution in [0.3, 0.4) is 0 Å². The van der Waals surface area contributed by atoms with E-state index in [-0.39, 0.29) is 24.2 Å². The fourth-order valence-electron chi connectivity index (χ4n) is 3.09. The number of hydrogen-bond donors (Lipinski definition) is 1. The summed E-state index contributed by atoms with van der Waals surface area (Å²) in [7, 11) is 2.39. The van der Waals surface area contributed by atoms with Crippen molar-refractivity contribution in [3.8, 4) is 5.75 Å². The number of carbonyl (C=O) groups is 2. The van der Waals surface area contributed by atoms with Crippen LogP contribution in [0.5, 0.6) is 5.75 Å². The van der Waals surface area contributed by atoms with Gasteiger partial charge in [0.1, 0.15) is 16.9 Å². The molecule has 0 spiro atoms. The van der Waals surface area contributed by atoms with Gasteiger partial charge in [-0.05, 0) is 63.0 Å². The van der Waals surface area contributed by atoms with Gasteiger partial charge in [0, 0.05) is 6.42 Å². The van der Waals surface area contributed by atoms with Crippen LogP contribution in [0.4, 0.5) is 18.0 Å². The second kappa shape index (κ2) is 7.66. The number of benzene rings is 1. The van der Waals surface area contributed by atoms with Crippen molar-refractivity contribution < 1.29 is 32.2 Å². The van der Waals surface area contributed by atoms with Gasteiger partial charge in [-0.3, -0.25) is 4.79 Å². The molecule has 0 aromatic heterocycles. The molecule has 1 aliphatic carbocycles. The summed E-state index contributed by atoms with van der Waals surface area (Å²) in [6, 6.07) is 3.71. The average molecular weight is 405 g/mol. The average Bonchev–Trinajstić information content (AvgIpc) is 2.48. The maximum absolute atomic E-state index is 12.8. The van der Waals surface area contributed by atoms with E-state index in [2.05, 4.69) is 19.3 Å². The summed E-state index contributed by atoms with van der Waals surface area (Å²) in [5, 5.41) is 3.12. The van der Waals surface area contributed by atoms with Gasteiger partial charge in [0.15, 0.2) is 5.78 Å². The molecule has 1 aromatic carbocycles. The molecule has 0 aliphatic heterocycles. The molecule has 5 nitrogen and oxygen atoms in total. The maximum Gasteiger partial charge on any atom is 0.573 e. The summed E-state index contributed by atoms with van der Waals surface area (Å²) in [6.45, 7) is 5.04. The topological polar surface area (TPSA) is 64.6 Å². The Bertz CT molecular complexity index is 730. The van der Waals surface area contributed by atoms with Crippen molar-refractivity contribution in [2.24, 2.45) is 0 Å². The Morgan fingerprint density at radius 2 is 1.89 bits per heavy atom. The lowest BCUT2D eigenvalue weighted by atomic mass is 9.75. The molecule has 0 heterocycles. The molecular formula is C18H23F3NO4P. The van der Waals surface area contributed by atoms with Crippen LogP contribution >= 0.6 is 9.24 Å². The predicted octanol–water partition coefficient (Wildman–Crippen LogP) is 3.95. The van der Waals surface area contributed by atoms with E-state index in [4.69, 9.17) is 4.74 Å². The lowest BCUT2D eigenvalue weighted by Gasteiger charge is -2.38. The fourth-order valence-corrected chi connectivity index (χ4v) is 3.52. The third kappa shape index (κ3) is 5.58. The summed E-state index contributed by atoms with van der Waals surface area (Å²) in [5.74, 6) is -0.722. The predicted molar refractivity (Wildman–Crippen MR) is 97.0 cm³/mol. The quantitative estimate of drug-likeness (QED) is 0.774. The van der Waals surface area contributed by atoms with Crippen LogP contribution in [-0.4, -0.2) is 23.8 Å². The molecule has 1 saturated carbocycles. The third-order valence-electron chi connectivity index (χ3n) is 4.11. The van der Waals surface area contributed by atoms with Crippen molar-refractivity contribution in [1.29, 1.82) is 0 Å². The maximum atomic E-state index is 12.8. The van der Waals surface area contributed by atoms with E-state index in [1.165, 1.54) is 6.07 Å². The molecule has 2 rings (SSSR count). The summed E-state index contributed by atoms with van der Waals surface area (Å²) in [4.78, 5) is 25.2.